The first-order chi connectivity index (χ1) is 14.6. The molecule has 3 aromatic rings. The van der Waals surface area contributed by atoms with E-state index in [0.29, 0.717) is 27.9 Å². The van der Waals surface area contributed by atoms with E-state index in [1.165, 1.54) is 10.9 Å². The molecule has 5 rings (SSSR count). The Hall–Kier alpha value is -3.19. The molecule has 1 amide bonds. The quantitative estimate of drug-likeness (QED) is 0.682. The topological polar surface area (TPSA) is 85.2 Å². The lowest BCUT2D eigenvalue weighted by Crippen LogP contribution is -2.26. The van der Waals surface area contributed by atoms with Crippen molar-refractivity contribution < 1.29 is 9.53 Å². The number of carbonyl (C=O) groups excluding carboxylic acids is 1. The summed E-state index contributed by atoms with van der Waals surface area (Å²) in [5.74, 6) is 0.559. The summed E-state index contributed by atoms with van der Waals surface area (Å²) >= 11 is 0. The van der Waals surface area contributed by atoms with Crippen LogP contribution in [0.15, 0.2) is 47.5 Å². The van der Waals surface area contributed by atoms with Crippen LogP contribution in [0.2, 0.25) is 0 Å². The van der Waals surface area contributed by atoms with Crippen LogP contribution in [0.25, 0.3) is 16.6 Å². The van der Waals surface area contributed by atoms with Crippen LogP contribution in [-0.2, 0) is 0 Å². The summed E-state index contributed by atoms with van der Waals surface area (Å²) in [6.45, 7) is 3.67. The SMILES string of the molecule is Cc1ccc(C(=O)NC2CC2)cc1-n1cnc2ccc(O[C@@H]3CCNC3)cc2c1=O. The number of nitrogens with zero attached hydrogens (tertiary/aromatic N) is 2. The molecule has 2 N–H and O–H groups in total. The number of hydrogen-bond donors (Lipinski definition) is 2. The van der Waals surface area contributed by atoms with Crippen molar-refractivity contribution in [3.63, 3.8) is 0 Å². The number of aryl methyl sites for hydroxylation is 1. The van der Waals surface area contributed by atoms with E-state index in [1.807, 2.05) is 25.1 Å². The van der Waals surface area contributed by atoms with Crippen LogP contribution in [0.1, 0.15) is 35.2 Å². The lowest BCUT2D eigenvalue weighted by Gasteiger charge is -2.14. The molecular weight excluding hydrogens is 380 g/mol. The molecule has 1 saturated heterocycles. The van der Waals surface area contributed by atoms with Gasteiger partial charge in [-0.15, -0.1) is 0 Å². The van der Waals surface area contributed by atoms with Gasteiger partial charge in [-0.05, 0) is 68.6 Å². The minimum atomic E-state index is -0.183. The van der Waals surface area contributed by atoms with Crippen LogP contribution >= 0.6 is 0 Å². The molecule has 2 heterocycles. The van der Waals surface area contributed by atoms with E-state index < -0.39 is 0 Å². The number of aromatic nitrogens is 2. The van der Waals surface area contributed by atoms with Crippen molar-refractivity contribution in [1.29, 1.82) is 0 Å². The van der Waals surface area contributed by atoms with Crippen molar-refractivity contribution in [2.45, 2.75) is 38.3 Å². The molecule has 1 aliphatic heterocycles. The van der Waals surface area contributed by atoms with Crippen LogP contribution in [-0.4, -0.2) is 40.7 Å². The first-order valence-electron chi connectivity index (χ1n) is 10.4. The molecule has 2 aliphatic rings. The van der Waals surface area contributed by atoms with Crippen LogP contribution in [0.3, 0.4) is 0 Å². The highest BCUT2D eigenvalue weighted by Gasteiger charge is 2.24. The molecule has 7 nitrogen and oxygen atoms in total. The summed E-state index contributed by atoms with van der Waals surface area (Å²) in [6.07, 6.45) is 4.64. The average Bonchev–Trinajstić information content (AvgIpc) is 3.41. The zero-order valence-corrected chi connectivity index (χ0v) is 16.9. The smallest absolute Gasteiger partial charge is 0.265 e. The largest absolute Gasteiger partial charge is 0.489 e. The van der Waals surface area contributed by atoms with Crippen molar-refractivity contribution in [1.82, 2.24) is 20.2 Å². The predicted octanol–water partition coefficient (Wildman–Crippen LogP) is 2.33. The number of ether oxygens (including phenoxy) is 1. The van der Waals surface area contributed by atoms with Gasteiger partial charge in [0.2, 0.25) is 0 Å². The summed E-state index contributed by atoms with van der Waals surface area (Å²) in [6, 6.07) is 11.1. The fraction of sp³-hybridized carbons (Fsp3) is 0.348. The highest BCUT2D eigenvalue weighted by atomic mass is 16.5. The van der Waals surface area contributed by atoms with E-state index >= 15 is 0 Å². The molecule has 1 aliphatic carbocycles. The molecule has 0 radical (unpaired) electrons. The molecule has 1 saturated carbocycles. The number of hydrogen-bond acceptors (Lipinski definition) is 5. The number of nitrogens with one attached hydrogen (secondary N) is 2. The minimum absolute atomic E-state index is 0.110. The third kappa shape index (κ3) is 3.68. The maximum Gasteiger partial charge on any atom is 0.265 e. The summed E-state index contributed by atoms with van der Waals surface area (Å²) in [5, 5.41) is 6.76. The predicted molar refractivity (Wildman–Crippen MR) is 114 cm³/mol. The Labute approximate surface area is 174 Å². The summed E-state index contributed by atoms with van der Waals surface area (Å²) in [4.78, 5) is 30.2. The van der Waals surface area contributed by atoms with Crippen molar-refractivity contribution in [3.8, 4) is 11.4 Å². The normalized spacial score (nSPS) is 18.5. The molecule has 0 unspecified atom stereocenters. The zero-order chi connectivity index (χ0) is 20.7. The monoisotopic (exact) mass is 404 g/mol. The molecule has 7 heteroatoms. The Morgan fingerprint density at radius 1 is 1.20 bits per heavy atom. The summed E-state index contributed by atoms with van der Waals surface area (Å²) < 4.78 is 7.52. The van der Waals surface area contributed by atoms with Gasteiger partial charge in [-0.25, -0.2) is 4.98 Å². The molecule has 1 aromatic heterocycles. The standard InChI is InChI=1S/C23H24N4O3/c1-14-2-3-15(22(28)26-16-4-5-16)10-21(14)27-13-25-20-7-6-17(11-19(20)23(27)29)30-18-8-9-24-12-18/h2-3,6-7,10-11,13,16,18,24H,4-5,8-9,12H2,1H3,(H,26,28)/t18-/m1/s1. The van der Waals surface area contributed by atoms with Crippen LogP contribution in [0.4, 0.5) is 0 Å². The van der Waals surface area contributed by atoms with E-state index in [4.69, 9.17) is 4.74 Å². The summed E-state index contributed by atoms with van der Waals surface area (Å²) in [5.41, 5.74) is 2.53. The van der Waals surface area contributed by atoms with Gasteiger partial charge in [-0.1, -0.05) is 6.07 Å². The van der Waals surface area contributed by atoms with Crippen molar-refractivity contribution in [2.24, 2.45) is 0 Å². The van der Waals surface area contributed by atoms with E-state index in [0.717, 1.165) is 37.9 Å². The van der Waals surface area contributed by atoms with Crippen LogP contribution < -0.4 is 20.9 Å². The number of fused-ring (bicyclic) bond motifs is 1. The van der Waals surface area contributed by atoms with E-state index in [2.05, 4.69) is 15.6 Å². The molecule has 2 aromatic carbocycles. The molecule has 0 bridgehead atoms. The van der Waals surface area contributed by atoms with Crippen molar-refractivity contribution in [2.75, 3.05) is 13.1 Å². The van der Waals surface area contributed by atoms with Gasteiger partial charge in [-0.2, -0.15) is 0 Å². The van der Waals surface area contributed by atoms with E-state index in [-0.39, 0.29) is 23.6 Å². The maximum atomic E-state index is 13.3. The third-order valence-electron chi connectivity index (χ3n) is 5.69. The van der Waals surface area contributed by atoms with Gasteiger partial charge in [0, 0.05) is 18.2 Å². The van der Waals surface area contributed by atoms with Gasteiger partial charge in [-0.3, -0.25) is 14.2 Å². The van der Waals surface area contributed by atoms with Gasteiger partial charge in [0.15, 0.2) is 0 Å². The highest BCUT2D eigenvalue weighted by Crippen LogP contribution is 2.22. The van der Waals surface area contributed by atoms with Crippen molar-refractivity contribution >= 4 is 16.8 Å². The Kier molecular flexibility index (Phi) is 4.75. The molecule has 1 atom stereocenters. The Balaban J connectivity index is 1.52. The number of amides is 1. The Morgan fingerprint density at radius 2 is 2.07 bits per heavy atom. The van der Waals surface area contributed by atoms with Crippen molar-refractivity contribution in [3.05, 3.63) is 64.2 Å². The van der Waals surface area contributed by atoms with Gasteiger partial charge in [0.05, 0.1) is 16.6 Å². The van der Waals surface area contributed by atoms with E-state index in [9.17, 15) is 9.59 Å². The lowest BCUT2D eigenvalue weighted by molar-refractivity contribution is 0.0951. The third-order valence-corrected chi connectivity index (χ3v) is 5.69. The first-order valence-corrected chi connectivity index (χ1v) is 10.4. The molecule has 154 valence electrons. The second kappa shape index (κ2) is 7.57. The lowest BCUT2D eigenvalue weighted by atomic mass is 10.1. The number of carbonyl (C=O) groups is 1. The molecule has 2 fully saturated rings. The fourth-order valence-corrected chi connectivity index (χ4v) is 3.77. The molecule has 0 spiro atoms. The maximum absolute atomic E-state index is 13.3. The zero-order valence-electron chi connectivity index (χ0n) is 16.9. The highest BCUT2D eigenvalue weighted by molar-refractivity contribution is 5.95. The first kappa shape index (κ1) is 18.8. The summed E-state index contributed by atoms with van der Waals surface area (Å²) in [7, 11) is 0. The van der Waals surface area contributed by atoms with Gasteiger partial charge in [0.25, 0.3) is 11.5 Å². The minimum Gasteiger partial charge on any atom is -0.489 e. The Bertz CT molecular complexity index is 1180. The van der Waals surface area contributed by atoms with Gasteiger partial charge in [0.1, 0.15) is 18.2 Å². The van der Waals surface area contributed by atoms with Crippen LogP contribution in [0.5, 0.6) is 5.75 Å². The van der Waals surface area contributed by atoms with E-state index in [1.54, 1.807) is 18.2 Å². The average molecular weight is 404 g/mol. The Morgan fingerprint density at radius 3 is 2.83 bits per heavy atom. The van der Waals surface area contributed by atoms with Gasteiger partial charge < -0.3 is 15.4 Å². The molecule has 30 heavy (non-hydrogen) atoms. The number of benzene rings is 2. The second-order valence-corrected chi connectivity index (χ2v) is 8.08. The second-order valence-electron chi connectivity index (χ2n) is 8.08. The van der Waals surface area contributed by atoms with Gasteiger partial charge >= 0.3 is 0 Å². The molecular formula is C23H24N4O3. The number of rotatable bonds is 5. The fourth-order valence-electron chi connectivity index (χ4n) is 3.77. The van der Waals surface area contributed by atoms with Crippen LogP contribution in [0, 0.1) is 6.92 Å².